The summed E-state index contributed by atoms with van der Waals surface area (Å²) in [4.78, 5) is 33.6. The van der Waals surface area contributed by atoms with Gasteiger partial charge in [-0.2, -0.15) is 0 Å². The number of benzene rings is 1. The minimum atomic E-state index is -1.58. The fourth-order valence-corrected chi connectivity index (χ4v) is 2.29. The highest BCUT2D eigenvalue weighted by molar-refractivity contribution is 6.37. The number of Topliss-reactive ketones (excluding diaryl/α,β-unsaturated/α-hetero) is 2. The SMILES string of the molecule is Cc1cccc(Cc2cc(C(=O)CC(=O)C(=O)O)cn2C)c1. The molecule has 1 aromatic heterocycles. The third-order valence-corrected chi connectivity index (χ3v) is 3.46. The lowest BCUT2D eigenvalue weighted by molar-refractivity contribution is -0.148. The maximum absolute atomic E-state index is 11.9. The molecule has 2 rings (SSSR count). The zero-order valence-electron chi connectivity index (χ0n) is 12.5. The molecule has 0 aliphatic carbocycles. The molecule has 2 aromatic rings. The van der Waals surface area contributed by atoms with Crippen LogP contribution in [0.2, 0.25) is 0 Å². The second-order valence-corrected chi connectivity index (χ2v) is 5.33. The first-order chi connectivity index (χ1) is 10.4. The first-order valence-corrected chi connectivity index (χ1v) is 6.87. The van der Waals surface area contributed by atoms with Crippen LogP contribution in [0.3, 0.4) is 0 Å². The van der Waals surface area contributed by atoms with Crippen molar-refractivity contribution in [2.75, 3.05) is 0 Å². The van der Waals surface area contributed by atoms with E-state index in [2.05, 4.69) is 6.07 Å². The number of hydrogen-bond donors (Lipinski definition) is 1. The quantitative estimate of drug-likeness (QED) is 0.504. The van der Waals surface area contributed by atoms with Crippen LogP contribution in [-0.2, 0) is 23.1 Å². The highest BCUT2D eigenvalue weighted by Gasteiger charge is 2.19. The highest BCUT2D eigenvalue weighted by Crippen LogP contribution is 2.15. The van der Waals surface area contributed by atoms with Crippen LogP contribution in [0.5, 0.6) is 0 Å². The summed E-state index contributed by atoms with van der Waals surface area (Å²) in [6.45, 7) is 2.01. The maximum Gasteiger partial charge on any atom is 0.372 e. The van der Waals surface area contributed by atoms with Crippen LogP contribution in [0.15, 0.2) is 36.5 Å². The average Bonchev–Trinajstić information content (AvgIpc) is 2.80. The van der Waals surface area contributed by atoms with E-state index in [1.165, 1.54) is 0 Å². The van der Waals surface area contributed by atoms with Crippen molar-refractivity contribution in [2.45, 2.75) is 19.8 Å². The molecule has 0 atom stereocenters. The molecule has 0 aliphatic heterocycles. The van der Waals surface area contributed by atoms with E-state index in [0.717, 1.165) is 16.8 Å². The van der Waals surface area contributed by atoms with Gasteiger partial charge in [-0.1, -0.05) is 29.8 Å². The Hall–Kier alpha value is -2.69. The number of hydrogen-bond acceptors (Lipinski definition) is 3. The van der Waals surface area contributed by atoms with Crippen molar-refractivity contribution in [3.8, 4) is 0 Å². The second kappa shape index (κ2) is 6.39. The summed E-state index contributed by atoms with van der Waals surface area (Å²) < 4.78 is 1.82. The van der Waals surface area contributed by atoms with E-state index < -0.39 is 24.0 Å². The van der Waals surface area contributed by atoms with Crippen LogP contribution in [0, 0.1) is 6.92 Å². The lowest BCUT2D eigenvalue weighted by Crippen LogP contribution is -2.16. The third-order valence-electron chi connectivity index (χ3n) is 3.46. The number of carbonyl (C=O) groups excluding carboxylic acids is 2. The Morgan fingerprint density at radius 1 is 1.18 bits per heavy atom. The number of carboxylic acids is 1. The van der Waals surface area contributed by atoms with Gasteiger partial charge < -0.3 is 9.67 Å². The van der Waals surface area contributed by atoms with Crippen molar-refractivity contribution in [3.05, 3.63) is 58.9 Å². The van der Waals surface area contributed by atoms with Gasteiger partial charge in [0.25, 0.3) is 0 Å². The molecule has 0 saturated heterocycles. The van der Waals surface area contributed by atoms with E-state index in [9.17, 15) is 14.4 Å². The van der Waals surface area contributed by atoms with E-state index in [4.69, 9.17) is 5.11 Å². The predicted molar refractivity (Wildman–Crippen MR) is 81.0 cm³/mol. The minimum absolute atomic E-state index is 0.361. The standard InChI is InChI=1S/C17H17NO4/c1-11-4-3-5-12(6-11)7-14-8-13(10-18(14)2)15(19)9-16(20)17(21)22/h3-6,8,10H,7,9H2,1-2H3,(H,21,22). The number of carbonyl (C=O) groups is 3. The summed E-state index contributed by atoms with van der Waals surface area (Å²) >= 11 is 0. The Kier molecular flexibility index (Phi) is 4.56. The van der Waals surface area contributed by atoms with Gasteiger partial charge in [-0.05, 0) is 18.6 Å². The van der Waals surface area contributed by atoms with Crippen molar-refractivity contribution in [2.24, 2.45) is 7.05 Å². The average molecular weight is 299 g/mol. The minimum Gasteiger partial charge on any atom is -0.475 e. The van der Waals surface area contributed by atoms with Gasteiger partial charge in [0.05, 0.1) is 6.42 Å². The Bertz CT molecular complexity index is 743. The molecule has 114 valence electrons. The number of carboxylic acid groups (broad SMARTS) is 1. The lowest BCUT2D eigenvalue weighted by atomic mass is 10.1. The van der Waals surface area contributed by atoms with Crippen molar-refractivity contribution in [1.82, 2.24) is 4.57 Å². The molecule has 22 heavy (non-hydrogen) atoms. The Morgan fingerprint density at radius 2 is 1.91 bits per heavy atom. The van der Waals surface area contributed by atoms with Gasteiger partial charge in [-0.3, -0.25) is 9.59 Å². The topological polar surface area (TPSA) is 76.4 Å². The van der Waals surface area contributed by atoms with Gasteiger partial charge >= 0.3 is 5.97 Å². The maximum atomic E-state index is 11.9. The van der Waals surface area contributed by atoms with Crippen LogP contribution in [-0.4, -0.2) is 27.2 Å². The number of aromatic nitrogens is 1. The van der Waals surface area contributed by atoms with Crippen LogP contribution in [0.4, 0.5) is 0 Å². The number of rotatable bonds is 6. The molecule has 0 saturated carbocycles. The summed E-state index contributed by atoms with van der Waals surface area (Å²) in [5, 5.41) is 8.55. The number of aliphatic carboxylic acids is 1. The van der Waals surface area contributed by atoms with Gasteiger partial charge in [-0.15, -0.1) is 0 Å². The van der Waals surface area contributed by atoms with Crippen LogP contribution >= 0.6 is 0 Å². The molecule has 5 heteroatoms. The van der Waals surface area contributed by atoms with Gasteiger partial charge in [0.1, 0.15) is 0 Å². The Labute approximate surface area is 128 Å². The van der Waals surface area contributed by atoms with E-state index in [1.54, 1.807) is 12.3 Å². The molecule has 0 spiro atoms. The summed E-state index contributed by atoms with van der Waals surface area (Å²) in [5.74, 6) is -3.14. The highest BCUT2D eigenvalue weighted by atomic mass is 16.4. The van der Waals surface area contributed by atoms with E-state index in [1.807, 2.05) is 36.7 Å². The fourth-order valence-electron chi connectivity index (χ4n) is 2.29. The molecule has 1 heterocycles. The Morgan fingerprint density at radius 3 is 2.55 bits per heavy atom. The molecular weight excluding hydrogens is 282 g/mol. The van der Waals surface area contributed by atoms with E-state index in [0.29, 0.717) is 12.0 Å². The number of ketones is 2. The molecule has 0 amide bonds. The van der Waals surface area contributed by atoms with Crippen molar-refractivity contribution < 1.29 is 19.5 Å². The predicted octanol–water partition coefficient (Wildman–Crippen LogP) is 2.15. The van der Waals surface area contributed by atoms with Gasteiger partial charge in [0.2, 0.25) is 5.78 Å². The molecule has 0 bridgehead atoms. The number of nitrogens with zero attached hydrogens (tertiary/aromatic N) is 1. The summed E-state index contributed by atoms with van der Waals surface area (Å²) in [5.41, 5.74) is 3.58. The first kappa shape index (κ1) is 15.7. The molecular formula is C17H17NO4. The monoisotopic (exact) mass is 299 g/mol. The summed E-state index contributed by atoms with van der Waals surface area (Å²) in [6.07, 6.45) is 1.68. The first-order valence-electron chi connectivity index (χ1n) is 6.87. The largest absolute Gasteiger partial charge is 0.475 e. The second-order valence-electron chi connectivity index (χ2n) is 5.33. The van der Waals surface area contributed by atoms with Crippen LogP contribution < -0.4 is 0 Å². The van der Waals surface area contributed by atoms with E-state index >= 15 is 0 Å². The van der Waals surface area contributed by atoms with Gasteiger partial charge in [-0.25, -0.2) is 4.79 Å². The summed E-state index contributed by atoms with van der Waals surface area (Å²) in [7, 11) is 1.82. The van der Waals surface area contributed by atoms with Crippen molar-refractivity contribution in [1.29, 1.82) is 0 Å². The normalized spacial score (nSPS) is 10.5. The number of aryl methyl sites for hydroxylation is 2. The van der Waals surface area contributed by atoms with Crippen LogP contribution in [0.25, 0.3) is 0 Å². The van der Waals surface area contributed by atoms with Crippen LogP contribution in [0.1, 0.15) is 33.6 Å². The smallest absolute Gasteiger partial charge is 0.372 e. The van der Waals surface area contributed by atoms with E-state index in [-0.39, 0.29) is 0 Å². The summed E-state index contributed by atoms with van der Waals surface area (Å²) in [6, 6.07) is 9.78. The van der Waals surface area contributed by atoms with Crippen molar-refractivity contribution in [3.63, 3.8) is 0 Å². The molecule has 0 aliphatic rings. The molecule has 0 radical (unpaired) electrons. The molecule has 0 unspecified atom stereocenters. The Balaban J connectivity index is 2.16. The molecule has 0 fully saturated rings. The molecule has 5 nitrogen and oxygen atoms in total. The third kappa shape index (κ3) is 3.69. The zero-order chi connectivity index (χ0) is 16.3. The molecule has 1 aromatic carbocycles. The molecule has 1 N–H and O–H groups in total. The fraction of sp³-hybridized carbons (Fsp3) is 0.235. The zero-order valence-corrected chi connectivity index (χ0v) is 12.5. The van der Waals surface area contributed by atoms with Crippen molar-refractivity contribution >= 4 is 17.5 Å². The van der Waals surface area contributed by atoms with Gasteiger partial charge in [0.15, 0.2) is 5.78 Å². The lowest BCUT2D eigenvalue weighted by Gasteiger charge is -2.04. The van der Waals surface area contributed by atoms with Gasteiger partial charge in [0, 0.05) is 30.9 Å².